The SMILES string of the molecule is Cc1nc(-c2cccc(C(=O)N[C@H](C(=O)O)C(C)C)c2)cs1. The maximum Gasteiger partial charge on any atom is 0.326 e. The van der Waals surface area contributed by atoms with Crippen LogP contribution in [-0.2, 0) is 4.79 Å². The lowest BCUT2D eigenvalue weighted by Crippen LogP contribution is -2.44. The number of aliphatic carboxylic acids is 1. The van der Waals surface area contributed by atoms with Crippen molar-refractivity contribution in [3.63, 3.8) is 0 Å². The molecule has 2 rings (SSSR count). The molecule has 22 heavy (non-hydrogen) atoms. The van der Waals surface area contributed by atoms with Crippen LogP contribution in [0.1, 0.15) is 29.2 Å². The largest absolute Gasteiger partial charge is 0.480 e. The number of carboxylic acid groups (broad SMARTS) is 1. The molecule has 0 saturated carbocycles. The number of aromatic nitrogens is 1. The van der Waals surface area contributed by atoms with Crippen molar-refractivity contribution in [2.75, 3.05) is 0 Å². The Kier molecular flexibility index (Phi) is 4.92. The monoisotopic (exact) mass is 318 g/mol. The van der Waals surface area contributed by atoms with E-state index in [1.165, 1.54) is 0 Å². The van der Waals surface area contributed by atoms with Crippen LogP contribution < -0.4 is 5.32 Å². The molecule has 1 atom stereocenters. The molecule has 0 radical (unpaired) electrons. The van der Waals surface area contributed by atoms with Gasteiger partial charge in [0.2, 0.25) is 0 Å². The first kappa shape index (κ1) is 16.2. The highest BCUT2D eigenvalue weighted by Crippen LogP contribution is 2.22. The van der Waals surface area contributed by atoms with Gasteiger partial charge in [0.15, 0.2) is 0 Å². The number of nitrogens with zero attached hydrogens (tertiary/aromatic N) is 1. The minimum absolute atomic E-state index is 0.189. The molecule has 0 saturated heterocycles. The summed E-state index contributed by atoms with van der Waals surface area (Å²) in [4.78, 5) is 27.8. The average molecular weight is 318 g/mol. The van der Waals surface area contributed by atoms with Crippen LogP contribution in [0.2, 0.25) is 0 Å². The van der Waals surface area contributed by atoms with E-state index >= 15 is 0 Å². The lowest BCUT2D eigenvalue weighted by atomic mass is 10.0. The molecule has 0 aliphatic carbocycles. The first-order valence-electron chi connectivity index (χ1n) is 6.94. The van der Waals surface area contributed by atoms with Crippen LogP contribution in [0.3, 0.4) is 0 Å². The minimum Gasteiger partial charge on any atom is -0.480 e. The van der Waals surface area contributed by atoms with E-state index in [-0.39, 0.29) is 5.92 Å². The van der Waals surface area contributed by atoms with Crippen LogP contribution >= 0.6 is 11.3 Å². The van der Waals surface area contributed by atoms with Crippen molar-refractivity contribution in [2.24, 2.45) is 5.92 Å². The number of carbonyl (C=O) groups is 2. The quantitative estimate of drug-likeness (QED) is 0.888. The molecule has 0 bridgehead atoms. The van der Waals surface area contributed by atoms with E-state index in [1.807, 2.05) is 18.4 Å². The second-order valence-corrected chi connectivity index (χ2v) is 6.43. The van der Waals surface area contributed by atoms with E-state index in [1.54, 1.807) is 43.4 Å². The number of carbonyl (C=O) groups excluding carboxylic acids is 1. The summed E-state index contributed by atoms with van der Waals surface area (Å²) in [6.45, 7) is 5.44. The number of nitrogens with one attached hydrogen (secondary N) is 1. The normalized spacial score (nSPS) is 12.2. The molecular weight excluding hydrogens is 300 g/mol. The average Bonchev–Trinajstić information content (AvgIpc) is 2.90. The number of carboxylic acids is 1. The number of thiazole rings is 1. The van der Waals surface area contributed by atoms with E-state index in [2.05, 4.69) is 10.3 Å². The maximum atomic E-state index is 12.3. The molecule has 6 heteroatoms. The van der Waals surface area contributed by atoms with Crippen molar-refractivity contribution in [1.29, 1.82) is 0 Å². The third-order valence-electron chi connectivity index (χ3n) is 3.26. The molecule has 0 fully saturated rings. The fourth-order valence-corrected chi connectivity index (χ4v) is 2.68. The van der Waals surface area contributed by atoms with E-state index < -0.39 is 17.9 Å². The zero-order valence-electron chi connectivity index (χ0n) is 12.7. The zero-order valence-corrected chi connectivity index (χ0v) is 13.5. The molecule has 0 aliphatic heterocycles. The van der Waals surface area contributed by atoms with Gasteiger partial charge in [0.1, 0.15) is 6.04 Å². The third-order valence-corrected chi connectivity index (χ3v) is 4.03. The van der Waals surface area contributed by atoms with Crippen molar-refractivity contribution >= 4 is 23.2 Å². The number of hydrogen-bond acceptors (Lipinski definition) is 4. The van der Waals surface area contributed by atoms with Crippen molar-refractivity contribution in [1.82, 2.24) is 10.3 Å². The number of benzene rings is 1. The first-order chi connectivity index (χ1) is 10.4. The second kappa shape index (κ2) is 6.70. The topological polar surface area (TPSA) is 79.3 Å². The van der Waals surface area contributed by atoms with E-state index in [9.17, 15) is 9.59 Å². The summed E-state index contributed by atoms with van der Waals surface area (Å²) in [7, 11) is 0. The van der Waals surface area contributed by atoms with E-state index in [0.29, 0.717) is 5.56 Å². The Balaban J connectivity index is 2.22. The Bertz CT molecular complexity index is 694. The Morgan fingerprint density at radius 1 is 1.32 bits per heavy atom. The summed E-state index contributed by atoms with van der Waals surface area (Å²) in [6.07, 6.45) is 0. The van der Waals surface area contributed by atoms with Crippen molar-refractivity contribution in [2.45, 2.75) is 26.8 Å². The highest BCUT2D eigenvalue weighted by Gasteiger charge is 2.24. The van der Waals surface area contributed by atoms with Gasteiger partial charge in [-0.05, 0) is 25.0 Å². The van der Waals surface area contributed by atoms with Crippen LogP contribution in [-0.4, -0.2) is 28.0 Å². The van der Waals surface area contributed by atoms with Gasteiger partial charge in [-0.15, -0.1) is 11.3 Å². The first-order valence-corrected chi connectivity index (χ1v) is 7.82. The van der Waals surface area contributed by atoms with Crippen LogP contribution in [0.4, 0.5) is 0 Å². The van der Waals surface area contributed by atoms with Gasteiger partial charge in [0.25, 0.3) is 5.91 Å². The summed E-state index contributed by atoms with van der Waals surface area (Å²) in [5, 5.41) is 14.6. The summed E-state index contributed by atoms with van der Waals surface area (Å²) >= 11 is 1.54. The fourth-order valence-electron chi connectivity index (χ4n) is 2.05. The number of hydrogen-bond donors (Lipinski definition) is 2. The highest BCUT2D eigenvalue weighted by molar-refractivity contribution is 7.09. The number of aryl methyl sites for hydroxylation is 1. The molecule has 1 amide bonds. The van der Waals surface area contributed by atoms with Crippen LogP contribution in [0, 0.1) is 12.8 Å². The molecule has 5 nitrogen and oxygen atoms in total. The number of rotatable bonds is 5. The van der Waals surface area contributed by atoms with Gasteiger partial charge in [-0.3, -0.25) is 4.79 Å². The summed E-state index contributed by atoms with van der Waals surface area (Å²) in [6, 6.07) is 6.13. The van der Waals surface area contributed by atoms with Crippen molar-refractivity contribution in [3.8, 4) is 11.3 Å². The minimum atomic E-state index is -1.03. The van der Waals surface area contributed by atoms with Gasteiger partial charge >= 0.3 is 5.97 Å². The van der Waals surface area contributed by atoms with Gasteiger partial charge in [-0.25, -0.2) is 9.78 Å². The van der Waals surface area contributed by atoms with Crippen LogP contribution in [0.15, 0.2) is 29.6 Å². The molecular formula is C16H18N2O3S. The van der Waals surface area contributed by atoms with Gasteiger partial charge in [0, 0.05) is 16.5 Å². The standard InChI is InChI=1S/C16H18N2O3S/c1-9(2)14(16(20)21)18-15(19)12-6-4-5-11(7-12)13-8-22-10(3)17-13/h4-9,14H,1-3H3,(H,18,19)(H,20,21)/t14-/m0/s1. The lowest BCUT2D eigenvalue weighted by molar-refractivity contribution is -0.140. The summed E-state index contributed by atoms with van der Waals surface area (Å²) in [5.41, 5.74) is 2.08. The predicted molar refractivity (Wildman–Crippen MR) is 86.0 cm³/mol. The molecule has 0 aliphatic rings. The third kappa shape index (κ3) is 3.71. The van der Waals surface area contributed by atoms with Crippen LogP contribution in [0.5, 0.6) is 0 Å². The Labute approximate surface area is 133 Å². The highest BCUT2D eigenvalue weighted by atomic mass is 32.1. The van der Waals surface area contributed by atoms with Crippen molar-refractivity contribution in [3.05, 3.63) is 40.2 Å². The van der Waals surface area contributed by atoms with Crippen molar-refractivity contribution < 1.29 is 14.7 Å². The second-order valence-electron chi connectivity index (χ2n) is 5.37. The molecule has 2 N–H and O–H groups in total. The summed E-state index contributed by atoms with van der Waals surface area (Å²) < 4.78 is 0. The van der Waals surface area contributed by atoms with Gasteiger partial charge in [-0.1, -0.05) is 26.0 Å². The predicted octanol–water partition coefficient (Wildman–Crippen LogP) is 2.96. The molecule has 1 aromatic heterocycles. The fraction of sp³-hybridized carbons (Fsp3) is 0.312. The Morgan fingerprint density at radius 3 is 2.59 bits per heavy atom. The molecule has 116 valence electrons. The molecule has 1 heterocycles. The zero-order chi connectivity index (χ0) is 16.3. The Hall–Kier alpha value is -2.21. The van der Waals surface area contributed by atoms with Gasteiger partial charge in [0.05, 0.1) is 10.7 Å². The lowest BCUT2D eigenvalue weighted by Gasteiger charge is -2.18. The molecule has 1 aromatic carbocycles. The molecule has 0 unspecified atom stereocenters. The summed E-state index contributed by atoms with van der Waals surface area (Å²) in [5.74, 6) is -1.62. The molecule has 0 spiro atoms. The number of amides is 1. The van der Waals surface area contributed by atoms with Gasteiger partial charge < -0.3 is 10.4 Å². The van der Waals surface area contributed by atoms with Gasteiger partial charge in [-0.2, -0.15) is 0 Å². The van der Waals surface area contributed by atoms with E-state index in [0.717, 1.165) is 16.3 Å². The van der Waals surface area contributed by atoms with Crippen LogP contribution in [0.25, 0.3) is 11.3 Å². The Morgan fingerprint density at radius 2 is 2.05 bits per heavy atom. The maximum absolute atomic E-state index is 12.3. The smallest absolute Gasteiger partial charge is 0.326 e. The molecule has 2 aromatic rings. The van der Waals surface area contributed by atoms with E-state index in [4.69, 9.17) is 5.11 Å².